The number of aliphatic hydroxyl groups excluding tert-OH is 1. The highest BCUT2D eigenvalue weighted by Gasteiger charge is 2.12. The summed E-state index contributed by atoms with van der Waals surface area (Å²) in [5, 5.41) is 14.9. The number of aliphatic hydroxyl groups is 1. The third-order valence-corrected chi connectivity index (χ3v) is 3.20. The van der Waals surface area contributed by atoms with Gasteiger partial charge in [0.15, 0.2) is 0 Å². The van der Waals surface area contributed by atoms with Gasteiger partial charge >= 0.3 is 0 Å². The molecule has 0 aromatic heterocycles. The minimum absolute atomic E-state index is 0.117. The molecule has 0 bridgehead atoms. The molecular formula is C16H25N3O3. The monoisotopic (exact) mass is 307 g/mol. The molecule has 0 unspecified atom stereocenters. The van der Waals surface area contributed by atoms with Crippen LogP contribution in [-0.4, -0.2) is 49.0 Å². The first-order valence-electron chi connectivity index (χ1n) is 7.44. The second kappa shape index (κ2) is 9.17. The molecule has 1 rings (SSSR count). The summed E-state index contributed by atoms with van der Waals surface area (Å²) in [5.74, 6) is -0.357. The maximum atomic E-state index is 12.2. The molecule has 0 aliphatic carbocycles. The molecule has 0 aliphatic rings. The molecule has 1 aromatic carbocycles. The van der Waals surface area contributed by atoms with Crippen LogP contribution in [0, 0.1) is 0 Å². The van der Waals surface area contributed by atoms with Crippen LogP contribution < -0.4 is 10.6 Å². The van der Waals surface area contributed by atoms with Crippen LogP contribution in [0.1, 0.15) is 35.7 Å². The second-order valence-corrected chi connectivity index (χ2v) is 5.34. The summed E-state index contributed by atoms with van der Waals surface area (Å²) >= 11 is 0. The van der Waals surface area contributed by atoms with Crippen molar-refractivity contribution in [1.82, 2.24) is 10.2 Å². The lowest BCUT2D eigenvalue weighted by Crippen LogP contribution is -2.28. The maximum absolute atomic E-state index is 12.2. The van der Waals surface area contributed by atoms with Crippen LogP contribution in [0.25, 0.3) is 0 Å². The standard InChI is InChI=1S/C16H25N3O3/c1-4-15(21)18-13-7-6-12(11-20)14(10-13)16(22)17-8-5-9-19(2)3/h6-7,10,20H,4-5,8-9,11H2,1-3H3,(H,17,22)(H,18,21). The van der Waals surface area contributed by atoms with Crippen molar-refractivity contribution in [2.75, 3.05) is 32.5 Å². The molecule has 0 saturated carbocycles. The summed E-state index contributed by atoms with van der Waals surface area (Å²) in [5.41, 5.74) is 1.49. The van der Waals surface area contributed by atoms with E-state index in [1.807, 2.05) is 19.0 Å². The zero-order valence-corrected chi connectivity index (χ0v) is 13.5. The molecule has 0 radical (unpaired) electrons. The highest BCUT2D eigenvalue weighted by atomic mass is 16.3. The Morgan fingerprint density at radius 3 is 2.59 bits per heavy atom. The number of carbonyl (C=O) groups is 2. The Labute approximate surface area is 131 Å². The van der Waals surface area contributed by atoms with E-state index in [1.165, 1.54) is 0 Å². The highest BCUT2D eigenvalue weighted by Crippen LogP contribution is 2.16. The molecule has 0 spiro atoms. The van der Waals surface area contributed by atoms with Crippen molar-refractivity contribution >= 4 is 17.5 Å². The van der Waals surface area contributed by atoms with Crippen LogP contribution in [0.15, 0.2) is 18.2 Å². The van der Waals surface area contributed by atoms with Crippen LogP contribution in [0.4, 0.5) is 5.69 Å². The van der Waals surface area contributed by atoms with Crippen molar-refractivity contribution in [3.05, 3.63) is 29.3 Å². The van der Waals surface area contributed by atoms with Crippen LogP contribution >= 0.6 is 0 Å². The number of nitrogens with one attached hydrogen (secondary N) is 2. The minimum atomic E-state index is -0.240. The van der Waals surface area contributed by atoms with E-state index in [0.717, 1.165) is 13.0 Å². The van der Waals surface area contributed by atoms with E-state index in [2.05, 4.69) is 10.6 Å². The molecule has 3 N–H and O–H groups in total. The number of carbonyl (C=O) groups excluding carboxylic acids is 2. The molecule has 0 saturated heterocycles. The molecule has 122 valence electrons. The van der Waals surface area contributed by atoms with Crippen LogP contribution in [0.2, 0.25) is 0 Å². The highest BCUT2D eigenvalue weighted by molar-refractivity contribution is 5.98. The van der Waals surface area contributed by atoms with E-state index in [-0.39, 0.29) is 18.4 Å². The normalized spacial score (nSPS) is 10.6. The van der Waals surface area contributed by atoms with Gasteiger partial charge in [-0.1, -0.05) is 13.0 Å². The smallest absolute Gasteiger partial charge is 0.251 e. The topological polar surface area (TPSA) is 81.7 Å². The lowest BCUT2D eigenvalue weighted by Gasteiger charge is -2.13. The maximum Gasteiger partial charge on any atom is 0.251 e. The van der Waals surface area contributed by atoms with Gasteiger partial charge in [0.05, 0.1) is 6.61 Å². The molecule has 2 amide bonds. The number of amides is 2. The van der Waals surface area contributed by atoms with Crippen molar-refractivity contribution in [3.8, 4) is 0 Å². The summed E-state index contributed by atoms with van der Waals surface area (Å²) < 4.78 is 0. The SMILES string of the molecule is CCC(=O)Nc1ccc(CO)c(C(=O)NCCCN(C)C)c1. The fourth-order valence-corrected chi connectivity index (χ4v) is 1.95. The van der Waals surface area contributed by atoms with E-state index in [0.29, 0.717) is 29.8 Å². The fraction of sp³-hybridized carbons (Fsp3) is 0.500. The van der Waals surface area contributed by atoms with Crippen molar-refractivity contribution in [1.29, 1.82) is 0 Å². The van der Waals surface area contributed by atoms with E-state index in [1.54, 1.807) is 25.1 Å². The Balaban J connectivity index is 2.74. The van der Waals surface area contributed by atoms with Gasteiger partial charge in [-0.25, -0.2) is 0 Å². The van der Waals surface area contributed by atoms with Crippen molar-refractivity contribution in [2.24, 2.45) is 0 Å². The number of hydrogen-bond acceptors (Lipinski definition) is 4. The second-order valence-electron chi connectivity index (χ2n) is 5.34. The summed E-state index contributed by atoms with van der Waals surface area (Å²) in [7, 11) is 3.96. The predicted octanol–water partition coefficient (Wildman–Crippen LogP) is 1.21. The van der Waals surface area contributed by atoms with Gasteiger partial charge < -0.3 is 20.6 Å². The molecule has 0 fully saturated rings. The molecule has 6 nitrogen and oxygen atoms in total. The van der Waals surface area contributed by atoms with Gasteiger partial charge in [0, 0.05) is 24.2 Å². The minimum Gasteiger partial charge on any atom is -0.392 e. The number of benzene rings is 1. The summed E-state index contributed by atoms with van der Waals surface area (Å²) in [6.07, 6.45) is 1.22. The molecule has 0 aliphatic heterocycles. The fourth-order valence-electron chi connectivity index (χ4n) is 1.95. The van der Waals surface area contributed by atoms with Gasteiger partial charge in [0.2, 0.25) is 5.91 Å². The molecule has 22 heavy (non-hydrogen) atoms. The number of rotatable bonds is 8. The lowest BCUT2D eigenvalue weighted by atomic mass is 10.1. The summed E-state index contributed by atoms with van der Waals surface area (Å²) in [6, 6.07) is 4.93. The first-order chi connectivity index (χ1) is 10.5. The predicted molar refractivity (Wildman–Crippen MR) is 86.8 cm³/mol. The van der Waals surface area contributed by atoms with Gasteiger partial charge in [-0.15, -0.1) is 0 Å². The number of nitrogens with zero attached hydrogens (tertiary/aromatic N) is 1. The summed E-state index contributed by atoms with van der Waals surface area (Å²) in [4.78, 5) is 25.7. The van der Waals surface area contributed by atoms with Crippen molar-refractivity contribution in [3.63, 3.8) is 0 Å². The molecule has 1 aromatic rings. The van der Waals surface area contributed by atoms with Crippen LogP contribution in [0.3, 0.4) is 0 Å². The first kappa shape index (κ1) is 18.1. The Morgan fingerprint density at radius 1 is 1.27 bits per heavy atom. The first-order valence-corrected chi connectivity index (χ1v) is 7.44. The van der Waals surface area contributed by atoms with Gasteiger partial charge in [0.1, 0.15) is 0 Å². The molecule has 6 heteroatoms. The lowest BCUT2D eigenvalue weighted by molar-refractivity contribution is -0.115. The average molecular weight is 307 g/mol. The largest absolute Gasteiger partial charge is 0.392 e. The van der Waals surface area contributed by atoms with Crippen LogP contribution in [-0.2, 0) is 11.4 Å². The van der Waals surface area contributed by atoms with E-state index in [4.69, 9.17) is 0 Å². The van der Waals surface area contributed by atoms with Crippen LogP contribution in [0.5, 0.6) is 0 Å². The van der Waals surface area contributed by atoms with E-state index < -0.39 is 0 Å². The summed E-state index contributed by atoms with van der Waals surface area (Å²) in [6.45, 7) is 2.99. The zero-order chi connectivity index (χ0) is 16.5. The van der Waals surface area contributed by atoms with E-state index >= 15 is 0 Å². The Kier molecular flexibility index (Phi) is 7.56. The van der Waals surface area contributed by atoms with Gasteiger partial charge in [-0.2, -0.15) is 0 Å². The third-order valence-electron chi connectivity index (χ3n) is 3.20. The Bertz CT molecular complexity index is 515. The number of hydrogen-bond donors (Lipinski definition) is 3. The molecular weight excluding hydrogens is 282 g/mol. The zero-order valence-electron chi connectivity index (χ0n) is 13.5. The van der Waals surface area contributed by atoms with Gasteiger partial charge in [-0.3, -0.25) is 9.59 Å². The van der Waals surface area contributed by atoms with E-state index in [9.17, 15) is 14.7 Å². The third kappa shape index (κ3) is 5.83. The van der Waals surface area contributed by atoms with Gasteiger partial charge in [-0.05, 0) is 44.8 Å². The molecule has 0 heterocycles. The average Bonchev–Trinajstić information content (AvgIpc) is 2.50. The van der Waals surface area contributed by atoms with Crippen molar-refractivity contribution in [2.45, 2.75) is 26.4 Å². The van der Waals surface area contributed by atoms with Crippen molar-refractivity contribution < 1.29 is 14.7 Å². The number of anilines is 1. The Morgan fingerprint density at radius 2 is 2.00 bits per heavy atom. The molecule has 0 atom stereocenters. The quantitative estimate of drug-likeness (QED) is 0.631. The van der Waals surface area contributed by atoms with Gasteiger partial charge in [0.25, 0.3) is 5.91 Å². The Hall–Kier alpha value is -1.92.